The summed E-state index contributed by atoms with van der Waals surface area (Å²) in [6.07, 6.45) is 0. The summed E-state index contributed by atoms with van der Waals surface area (Å²) >= 11 is 0. The zero-order valence-electron chi connectivity index (χ0n) is 6.57. The fraction of sp³-hybridized carbons (Fsp3) is 0.143. The van der Waals surface area contributed by atoms with E-state index in [1.165, 1.54) is 6.07 Å². The lowest BCUT2D eigenvalue weighted by Crippen LogP contribution is -2.04. The minimum atomic E-state index is -4.11. The van der Waals surface area contributed by atoms with Gasteiger partial charge in [-0.1, -0.05) is 6.07 Å². The van der Waals surface area contributed by atoms with Gasteiger partial charge in [0.2, 0.25) is 0 Å². The average molecular weight is 205 g/mol. The Balaban J connectivity index is 3.04. The summed E-state index contributed by atoms with van der Waals surface area (Å²) in [5.74, 6) is -1.14. The van der Waals surface area contributed by atoms with Crippen molar-refractivity contribution in [3.8, 4) is 0 Å². The third kappa shape index (κ3) is 3.00. The molecule has 0 bridgehead atoms. The summed E-state index contributed by atoms with van der Waals surface area (Å²) in [4.78, 5) is 0. The number of nitrogens with two attached hydrogens (primary N) is 1. The van der Waals surface area contributed by atoms with Gasteiger partial charge in [0, 0.05) is 5.69 Å². The minimum Gasteiger partial charge on any atom is -0.398 e. The van der Waals surface area contributed by atoms with Crippen LogP contribution in [0, 0.1) is 5.82 Å². The van der Waals surface area contributed by atoms with Crippen LogP contribution in [0.25, 0.3) is 0 Å². The van der Waals surface area contributed by atoms with Crippen molar-refractivity contribution in [3.63, 3.8) is 0 Å². The molecular formula is C7H8FNO3S. The van der Waals surface area contributed by atoms with Gasteiger partial charge in [-0.05, 0) is 17.7 Å². The van der Waals surface area contributed by atoms with Crippen molar-refractivity contribution in [2.45, 2.75) is 5.75 Å². The highest BCUT2D eigenvalue weighted by Gasteiger charge is 2.09. The molecule has 0 aliphatic heterocycles. The molecule has 3 N–H and O–H groups in total. The molecule has 13 heavy (non-hydrogen) atoms. The summed E-state index contributed by atoms with van der Waals surface area (Å²) in [6.45, 7) is 0. The largest absolute Gasteiger partial charge is 0.398 e. The maximum absolute atomic E-state index is 12.5. The van der Waals surface area contributed by atoms with Gasteiger partial charge in [-0.15, -0.1) is 0 Å². The van der Waals surface area contributed by atoms with E-state index in [0.717, 1.165) is 12.1 Å². The molecule has 1 aromatic carbocycles. The molecule has 1 rings (SSSR count). The van der Waals surface area contributed by atoms with E-state index in [0.29, 0.717) is 0 Å². The lowest BCUT2D eigenvalue weighted by molar-refractivity contribution is 0.482. The lowest BCUT2D eigenvalue weighted by atomic mass is 10.2. The van der Waals surface area contributed by atoms with E-state index in [2.05, 4.69) is 0 Å². The molecule has 4 nitrogen and oxygen atoms in total. The number of hydrogen-bond donors (Lipinski definition) is 2. The molecule has 72 valence electrons. The Kier molecular flexibility index (Phi) is 2.53. The Hall–Kier alpha value is -1.14. The average Bonchev–Trinajstić information content (AvgIpc) is 1.93. The monoisotopic (exact) mass is 205 g/mol. The Labute approximate surface area is 74.9 Å². The Morgan fingerprint density at radius 3 is 2.54 bits per heavy atom. The van der Waals surface area contributed by atoms with Crippen LogP contribution in [0.15, 0.2) is 18.2 Å². The van der Waals surface area contributed by atoms with Crippen molar-refractivity contribution in [1.82, 2.24) is 0 Å². The van der Waals surface area contributed by atoms with Gasteiger partial charge in [0.25, 0.3) is 10.1 Å². The Bertz CT molecular complexity index is 416. The van der Waals surface area contributed by atoms with E-state index in [9.17, 15) is 12.8 Å². The van der Waals surface area contributed by atoms with Gasteiger partial charge in [-0.25, -0.2) is 4.39 Å². The van der Waals surface area contributed by atoms with Gasteiger partial charge >= 0.3 is 0 Å². The molecule has 0 amide bonds. The van der Waals surface area contributed by atoms with Gasteiger partial charge in [0.15, 0.2) is 0 Å². The van der Waals surface area contributed by atoms with Crippen molar-refractivity contribution < 1.29 is 17.4 Å². The standard InChI is InChI=1S/C7H8FNO3S/c8-6-2-1-5(7(9)3-6)4-13(10,11)12/h1-3H,4,9H2,(H,10,11,12). The van der Waals surface area contributed by atoms with Crippen LogP contribution in [0.3, 0.4) is 0 Å². The van der Waals surface area contributed by atoms with Crippen molar-refractivity contribution in [3.05, 3.63) is 29.6 Å². The van der Waals surface area contributed by atoms with E-state index in [-0.39, 0.29) is 11.3 Å². The maximum Gasteiger partial charge on any atom is 0.269 e. The van der Waals surface area contributed by atoms with Crippen molar-refractivity contribution in [2.24, 2.45) is 0 Å². The van der Waals surface area contributed by atoms with Crippen LogP contribution in [0.1, 0.15) is 5.56 Å². The van der Waals surface area contributed by atoms with Crippen LogP contribution < -0.4 is 5.73 Å². The highest BCUT2D eigenvalue weighted by atomic mass is 32.2. The highest BCUT2D eigenvalue weighted by molar-refractivity contribution is 7.85. The molecule has 0 fully saturated rings. The molecule has 0 unspecified atom stereocenters. The summed E-state index contributed by atoms with van der Waals surface area (Å²) < 4.78 is 41.9. The lowest BCUT2D eigenvalue weighted by Gasteiger charge is -2.02. The molecule has 0 atom stereocenters. The summed E-state index contributed by atoms with van der Waals surface area (Å²) in [5.41, 5.74) is 5.51. The van der Waals surface area contributed by atoms with Crippen LogP contribution in [0.4, 0.5) is 10.1 Å². The first-order valence-corrected chi connectivity index (χ1v) is 4.98. The van der Waals surface area contributed by atoms with Gasteiger partial charge in [0.1, 0.15) is 11.6 Å². The van der Waals surface area contributed by atoms with E-state index in [4.69, 9.17) is 10.3 Å². The first-order chi connectivity index (χ1) is 5.88. The second-order valence-electron chi connectivity index (χ2n) is 2.57. The quantitative estimate of drug-likeness (QED) is 0.552. The highest BCUT2D eigenvalue weighted by Crippen LogP contribution is 2.15. The molecule has 0 spiro atoms. The third-order valence-electron chi connectivity index (χ3n) is 1.45. The SMILES string of the molecule is Nc1cc(F)ccc1CS(=O)(=O)O. The smallest absolute Gasteiger partial charge is 0.269 e. The third-order valence-corrected chi connectivity index (χ3v) is 2.12. The van der Waals surface area contributed by atoms with Gasteiger partial charge < -0.3 is 5.73 Å². The van der Waals surface area contributed by atoms with Gasteiger partial charge in [0.05, 0.1) is 0 Å². The zero-order chi connectivity index (χ0) is 10.1. The topological polar surface area (TPSA) is 80.4 Å². The number of anilines is 1. The summed E-state index contributed by atoms with van der Waals surface area (Å²) in [7, 11) is -4.11. The fourth-order valence-corrected chi connectivity index (χ4v) is 1.55. The predicted molar refractivity (Wildman–Crippen MR) is 46.1 cm³/mol. The Morgan fingerprint density at radius 1 is 1.46 bits per heavy atom. The second kappa shape index (κ2) is 3.31. The first-order valence-electron chi connectivity index (χ1n) is 3.37. The number of nitrogen functional groups attached to an aromatic ring is 1. The van der Waals surface area contributed by atoms with E-state index < -0.39 is 21.7 Å². The van der Waals surface area contributed by atoms with Crippen LogP contribution in [-0.2, 0) is 15.9 Å². The van der Waals surface area contributed by atoms with Crippen LogP contribution >= 0.6 is 0 Å². The van der Waals surface area contributed by atoms with Crippen molar-refractivity contribution >= 4 is 15.8 Å². The molecule has 1 aromatic rings. The summed E-state index contributed by atoms with van der Waals surface area (Å²) in [6, 6.07) is 3.30. The first kappa shape index (κ1) is 9.94. The molecule has 0 aliphatic rings. The van der Waals surface area contributed by atoms with Crippen LogP contribution in [0.5, 0.6) is 0 Å². The number of hydrogen-bond acceptors (Lipinski definition) is 3. The van der Waals surface area contributed by atoms with Crippen molar-refractivity contribution in [1.29, 1.82) is 0 Å². The second-order valence-corrected chi connectivity index (χ2v) is 4.02. The predicted octanol–water partition coefficient (Wildman–Crippen LogP) is 0.796. The molecule has 0 aromatic heterocycles. The number of rotatable bonds is 2. The maximum atomic E-state index is 12.5. The summed E-state index contributed by atoms with van der Waals surface area (Å²) in [5, 5.41) is 0. The van der Waals surface area contributed by atoms with Crippen molar-refractivity contribution in [2.75, 3.05) is 5.73 Å². The molecule has 0 aliphatic carbocycles. The minimum absolute atomic E-state index is 0.0117. The Morgan fingerprint density at radius 2 is 2.08 bits per heavy atom. The number of benzene rings is 1. The van der Waals surface area contributed by atoms with Gasteiger partial charge in [-0.2, -0.15) is 8.42 Å². The zero-order valence-corrected chi connectivity index (χ0v) is 7.38. The van der Waals surface area contributed by atoms with E-state index >= 15 is 0 Å². The number of halogens is 1. The molecule has 6 heteroatoms. The molecular weight excluding hydrogens is 197 g/mol. The van der Waals surface area contributed by atoms with Crippen LogP contribution in [-0.4, -0.2) is 13.0 Å². The fourth-order valence-electron chi connectivity index (χ4n) is 0.894. The normalized spacial score (nSPS) is 11.5. The van der Waals surface area contributed by atoms with E-state index in [1.54, 1.807) is 0 Å². The molecule has 0 saturated heterocycles. The van der Waals surface area contributed by atoms with Gasteiger partial charge in [-0.3, -0.25) is 4.55 Å². The molecule has 0 saturated carbocycles. The molecule has 0 radical (unpaired) electrons. The molecule has 0 heterocycles. The van der Waals surface area contributed by atoms with Crippen LogP contribution in [0.2, 0.25) is 0 Å². The van der Waals surface area contributed by atoms with E-state index in [1.807, 2.05) is 0 Å².